The second-order valence-electron chi connectivity index (χ2n) is 5.91. The van der Waals surface area contributed by atoms with Crippen LogP contribution >= 0.6 is 12.2 Å². The Labute approximate surface area is 168 Å². The molecule has 2 N–H and O–H groups in total. The molecule has 0 atom stereocenters. The van der Waals surface area contributed by atoms with E-state index in [1.165, 1.54) is 13.2 Å². The largest absolute Gasteiger partial charge is 0.465 e. The summed E-state index contributed by atoms with van der Waals surface area (Å²) in [7, 11) is 1.32. The maximum Gasteiger partial charge on any atom is 0.337 e. The van der Waals surface area contributed by atoms with Crippen molar-refractivity contribution in [3.8, 4) is 0 Å². The van der Waals surface area contributed by atoms with Crippen LogP contribution in [0.1, 0.15) is 15.9 Å². The van der Waals surface area contributed by atoms with Crippen LogP contribution in [0.4, 0.5) is 5.69 Å². The molecule has 0 saturated carbocycles. The van der Waals surface area contributed by atoms with Crippen LogP contribution in [0.3, 0.4) is 0 Å². The molecular weight excluding hydrogens is 372 g/mol. The van der Waals surface area contributed by atoms with Gasteiger partial charge in [-0.1, -0.05) is 42.5 Å². The van der Waals surface area contributed by atoms with E-state index < -0.39 is 5.97 Å². The topological polar surface area (TPSA) is 67.4 Å². The van der Waals surface area contributed by atoms with Crippen molar-refractivity contribution in [3.63, 3.8) is 0 Å². The van der Waals surface area contributed by atoms with Gasteiger partial charge in [-0.3, -0.25) is 10.1 Å². The molecule has 3 aromatic carbocycles. The summed E-state index contributed by atoms with van der Waals surface area (Å²) in [6.07, 6.45) is 3.20. The Morgan fingerprint density at radius 3 is 2.43 bits per heavy atom. The minimum Gasteiger partial charge on any atom is -0.465 e. The van der Waals surface area contributed by atoms with E-state index in [0.717, 1.165) is 16.3 Å². The van der Waals surface area contributed by atoms with Gasteiger partial charge in [0.25, 0.3) is 0 Å². The summed E-state index contributed by atoms with van der Waals surface area (Å²) < 4.78 is 4.65. The van der Waals surface area contributed by atoms with Gasteiger partial charge in [0.2, 0.25) is 5.91 Å². The number of fused-ring (bicyclic) bond motifs is 1. The number of thiocarbonyl (C=S) groups is 1. The number of carbonyl (C=O) groups is 2. The zero-order valence-corrected chi connectivity index (χ0v) is 16.0. The number of nitrogens with one attached hydrogen (secondary N) is 2. The summed E-state index contributed by atoms with van der Waals surface area (Å²) in [6, 6.07) is 20.5. The Balaban J connectivity index is 1.60. The minimum absolute atomic E-state index is 0.165. The molecule has 0 heterocycles. The van der Waals surface area contributed by atoms with Crippen LogP contribution in [0.25, 0.3) is 16.8 Å². The third-order valence-corrected chi connectivity index (χ3v) is 4.24. The molecule has 0 aliphatic heterocycles. The SMILES string of the molecule is COC(=O)c1ccc(NC(=S)NC(=O)/C=C/c2cccc3ccccc23)cc1. The van der Waals surface area contributed by atoms with Gasteiger partial charge in [0.1, 0.15) is 0 Å². The first-order chi connectivity index (χ1) is 13.6. The summed E-state index contributed by atoms with van der Waals surface area (Å²) in [5, 5.41) is 7.84. The number of hydrogen-bond acceptors (Lipinski definition) is 4. The molecule has 5 nitrogen and oxygen atoms in total. The quantitative estimate of drug-likeness (QED) is 0.398. The molecule has 3 rings (SSSR count). The van der Waals surface area contributed by atoms with Gasteiger partial charge in [-0.25, -0.2) is 4.79 Å². The first kappa shape index (κ1) is 19.3. The molecule has 28 heavy (non-hydrogen) atoms. The lowest BCUT2D eigenvalue weighted by Gasteiger charge is -2.08. The number of benzene rings is 3. The zero-order chi connectivity index (χ0) is 19.9. The van der Waals surface area contributed by atoms with Gasteiger partial charge in [-0.2, -0.15) is 0 Å². The van der Waals surface area contributed by atoms with Crippen molar-refractivity contribution in [2.75, 3.05) is 12.4 Å². The third-order valence-electron chi connectivity index (χ3n) is 4.04. The maximum absolute atomic E-state index is 12.1. The van der Waals surface area contributed by atoms with Crippen LogP contribution in [0.15, 0.2) is 72.8 Å². The predicted molar refractivity (Wildman–Crippen MR) is 115 cm³/mol. The Morgan fingerprint density at radius 2 is 1.68 bits per heavy atom. The Bertz CT molecular complexity index is 1050. The normalized spacial score (nSPS) is 10.6. The number of amides is 1. The molecule has 0 aromatic heterocycles. The zero-order valence-electron chi connectivity index (χ0n) is 15.1. The molecule has 3 aromatic rings. The molecule has 0 aliphatic carbocycles. The van der Waals surface area contributed by atoms with Crippen molar-refractivity contribution in [1.82, 2.24) is 5.32 Å². The number of esters is 1. The van der Waals surface area contributed by atoms with Crippen LogP contribution in [-0.4, -0.2) is 24.1 Å². The van der Waals surface area contributed by atoms with Crippen LogP contribution in [0.2, 0.25) is 0 Å². The minimum atomic E-state index is -0.416. The average Bonchev–Trinajstić information content (AvgIpc) is 2.72. The fourth-order valence-electron chi connectivity index (χ4n) is 2.68. The standard InChI is InChI=1S/C22H18N2O3S/c1-27-21(26)17-9-12-18(13-10-17)23-22(28)24-20(25)14-11-16-7-4-6-15-5-2-3-8-19(15)16/h2-14H,1H3,(H2,23,24,25,28)/b14-11+. The molecule has 6 heteroatoms. The van der Waals surface area contributed by atoms with E-state index in [2.05, 4.69) is 15.4 Å². The first-order valence-electron chi connectivity index (χ1n) is 8.53. The number of rotatable bonds is 4. The molecule has 0 fully saturated rings. The molecule has 0 unspecified atom stereocenters. The number of anilines is 1. The summed E-state index contributed by atoms with van der Waals surface area (Å²) in [4.78, 5) is 23.6. The van der Waals surface area contributed by atoms with Gasteiger partial charge < -0.3 is 10.1 Å². The average molecular weight is 390 g/mol. The third kappa shape index (κ3) is 4.81. The smallest absolute Gasteiger partial charge is 0.337 e. The summed E-state index contributed by atoms with van der Waals surface area (Å²) in [6.45, 7) is 0. The highest BCUT2D eigenvalue weighted by molar-refractivity contribution is 7.80. The molecule has 140 valence electrons. The molecule has 0 aliphatic rings. The fourth-order valence-corrected chi connectivity index (χ4v) is 2.90. The van der Waals surface area contributed by atoms with Crippen molar-refractivity contribution < 1.29 is 14.3 Å². The van der Waals surface area contributed by atoms with Gasteiger partial charge >= 0.3 is 5.97 Å². The van der Waals surface area contributed by atoms with E-state index in [-0.39, 0.29) is 11.0 Å². The van der Waals surface area contributed by atoms with Crippen molar-refractivity contribution in [2.24, 2.45) is 0 Å². The predicted octanol–water partition coefficient (Wildman–Crippen LogP) is 4.15. The first-order valence-corrected chi connectivity index (χ1v) is 8.94. The molecule has 0 spiro atoms. The van der Waals surface area contributed by atoms with E-state index in [4.69, 9.17) is 12.2 Å². The Morgan fingerprint density at radius 1 is 0.964 bits per heavy atom. The second kappa shape index (κ2) is 8.92. The van der Waals surface area contributed by atoms with Crippen LogP contribution < -0.4 is 10.6 Å². The van der Waals surface area contributed by atoms with Crippen LogP contribution in [0.5, 0.6) is 0 Å². The van der Waals surface area contributed by atoms with Crippen molar-refractivity contribution in [2.45, 2.75) is 0 Å². The highest BCUT2D eigenvalue weighted by Gasteiger charge is 2.06. The van der Waals surface area contributed by atoms with E-state index in [0.29, 0.717) is 11.3 Å². The van der Waals surface area contributed by atoms with E-state index in [1.54, 1.807) is 30.3 Å². The molecule has 0 radical (unpaired) electrons. The Kier molecular flexibility index (Phi) is 6.14. The van der Waals surface area contributed by atoms with Crippen molar-refractivity contribution >= 4 is 51.7 Å². The van der Waals surface area contributed by atoms with Crippen molar-refractivity contribution in [3.05, 3.63) is 83.9 Å². The lowest BCUT2D eigenvalue weighted by Crippen LogP contribution is -2.32. The number of ether oxygens (including phenoxy) is 1. The monoisotopic (exact) mass is 390 g/mol. The van der Waals surface area contributed by atoms with E-state index in [9.17, 15) is 9.59 Å². The molecule has 0 bridgehead atoms. The highest BCUT2D eigenvalue weighted by Crippen LogP contribution is 2.19. The lowest BCUT2D eigenvalue weighted by atomic mass is 10.0. The second-order valence-corrected chi connectivity index (χ2v) is 6.32. The number of hydrogen-bond donors (Lipinski definition) is 2. The van der Waals surface area contributed by atoms with Crippen LogP contribution in [0, 0.1) is 0 Å². The summed E-state index contributed by atoms with van der Waals surface area (Å²) in [5.74, 6) is -0.752. The Hall–Kier alpha value is -3.51. The van der Waals surface area contributed by atoms with Crippen LogP contribution in [-0.2, 0) is 9.53 Å². The molecule has 1 amide bonds. The van der Waals surface area contributed by atoms with Gasteiger partial charge in [0.15, 0.2) is 5.11 Å². The summed E-state index contributed by atoms with van der Waals surface area (Å²) >= 11 is 5.16. The van der Waals surface area contributed by atoms with Gasteiger partial charge in [-0.05, 0) is 58.9 Å². The van der Waals surface area contributed by atoms with E-state index >= 15 is 0 Å². The molecular formula is C22H18N2O3S. The van der Waals surface area contributed by atoms with E-state index in [1.807, 2.05) is 42.5 Å². The van der Waals surface area contributed by atoms with Crippen molar-refractivity contribution in [1.29, 1.82) is 0 Å². The molecule has 0 saturated heterocycles. The fraction of sp³-hybridized carbons (Fsp3) is 0.0455. The van der Waals surface area contributed by atoms with Gasteiger partial charge in [-0.15, -0.1) is 0 Å². The van der Waals surface area contributed by atoms with Gasteiger partial charge in [0, 0.05) is 11.8 Å². The lowest BCUT2D eigenvalue weighted by molar-refractivity contribution is -0.115. The number of methoxy groups -OCH3 is 1. The maximum atomic E-state index is 12.1. The van der Waals surface area contributed by atoms with Gasteiger partial charge in [0.05, 0.1) is 12.7 Å². The summed E-state index contributed by atoms with van der Waals surface area (Å²) in [5.41, 5.74) is 2.03. The number of carbonyl (C=O) groups excluding carboxylic acids is 2. The highest BCUT2D eigenvalue weighted by atomic mass is 32.1.